The van der Waals surface area contributed by atoms with E-state index in [1.165, 1.54) is 20.5 Å². The minimum atomic E-state index is 0.704. The molecule has 0 aliphatic carbocycles. The lowest BCUT2D eigenvalue weighted by molar-refractivity contribution is 0.111. The molecule has 2 rings (SSSR count). The van der Waals surface area contributed by atoms with Crippen molar-refractivity contribution in [2.45, 2.75) is 40.3 Å². The molecule has 0 unspecified atom stereocenters. The van der Waals surface area contributed by atoms with Gasteiger partial charge in [0, 0.05) is 28.3 Å². The van der Waals surface area contributed by atoms with Crippen molar-refractivity contribution in [2.75, 3.05) is 13.2 Å². The van der Waals surface area contributed by atoms with Crippen LogP contribution >= 0.6 is 11.3 Å². The Morgan fingerprint density at radius 2 is 2.05 bits per heavy atom. The van der Waals surface area contributed by atoms with Gasteiger partial charge in [0.15, 0.2) is 0 Å². The van der Waals surface area contributed by atoms with E-state index in [4.69, 9.17) is 4.74 Å². The molecule has 0 radical (unpaired) electrons. The van der Waals surface area contributed by atoms with Crippen LogP contribution in [-0.2, 0) is 17.9 Å². The van der Waals surface area contributed by atoms with E-state index in [-0.39, 0.29) is 0 Å². The Kier molecular flexibility index (Phi) is 6.02. The third-order valence-electron chi connectivity index (χ3n) is 3.40. The Hall–Kier alpha value is -0.900. The number of benzene rings is 1. The van der Waals surface area contributed by atoms with Crippen molar-refractivity contribution in [3.63, 3.8) is 0 Å². The highest BCUT2D eigenvalue weighted by Gasteiger charge is 2.11. The van der Waals surface area contributed by atoms with Crippen molar-refractivity contribution >= 4 is 21.4 Å². The molecule has 0 bridgehead atoms. The smallest absolute Gasteiger partial charge is 0.0734 e. The molecular formula is C17H25NOS. The van der Waals surface area contributed by atoms with Gasteiger partial charge in [0.05, 0.1) is 6.61 Å². The normalized spacial score (nSPS) is 11.6. The zero-order valence-corrected chi connectivity index (χ0v) is 13.6. The van der Waals surface area contributed by atoms with E-state index >= 15 is 0 Å². The van der Waals surface area contributed by atoms with Gasteiger partial charge in [-0.25, -0.2) is 0 Å². The van der Waals surface area contributed by atoms with Gasteiger partial charge in [-0.15, -0.1) is 11.3 Å². The Morgan fingerprint density at radius 3 is 2.80 bits per heavy atom. The zero-order valence-electron chi connectivity index (χ0n) is 12.7. The predicted octanol–water partition coefficient (Wildman–Crippen LogP) is 4.57. The first-order valence-corrected chi connectivity index (χ1v) is 8.31. The van der Waals surface area contributed by atoms with E-state index in [1.54, 1.807) is 0 Å². The number of thiophene rings is 1. The van der Waals surface area contributed by atoms with Crippen molar-refractivity contribution in [1.82, 2.24) is 5.32 Å². The van der Waals surface area contributed by atoms with Crippen molar-refractivity contribution in [1.29, 1.82) is 0 Å². The molecule has 2 aromatic rings. The third kappa shape index (κ3) is 4.05. The predicted molar refractivity (Wildman–Crippen MR) is 88.3 cm³/mol. The second-order valence-corrected chi connectivity index (χ2v) is 6.65. The summed E-state index contributed by atoms with van der Waals surface area (Å²) < 4.78 is 7.26. The highest BCUT2D eigenvalue weighted by atomic mass is 32.1. The summed E-state index contributed by atoms with van der Waals surface area (Å²) in [6.45, 7) is 10.1. The van der Waals surface area contributed by atoms with Gasteiger partial charge in [-0.3, -0.25) is 0 Å². The van der Waals surface area contributed by atoms with E-state index in [2.05, 4.69) is 50.4 Å². The zero-order chi connectivity index (χ0) is 14.4. The monoisotopic (exact) mass is 291 g/mol. The molecule has 1 heterocycles. The standard InChI is InChI=1S/C17H25NOS/c1-4-18-11-17-15(12-19-10-9-13(2)3)14-7-5-6-8-16(14)20-17/h5-8,13,18H,4,9-12H2,1-3H3. The summed E-state index contributed by atoms with van der Waals surface area (Å²) in [6.07, 6.45) is 1.13. The number of hydrogen-bond acceptors (Lipinski definition) is 3. The van der Waals surface area contributed by atoms with Gasteiger partial charge in [0.2, 0.25) is 0 Å². The van der Waals surface area contributed by atoms with Crippen LogP contribution in [0.15, 0.2) is 24.3 Å². The summed E-state index contributed by atoms with van der Waals surface area (Å²) in [4.78, 5) is 1.41. The van der Waals surface area contributed by atoms with Gasteiger partial charge < -0.3 is 10.1 Å². The van der Waals surface area contributed by atoms with Gasteiger partial charge in [0.25, 0.3) is 0 Å². The maximum Gasteiger partial charge on any atom is 0.0734 e. The summed E-state index contributed by atoms with van der Waals surface area (Å²) in [6, 6.07) is 8.64. The Bertz CT molecular complexity index is 533. The maximum atomic E-state index is 5.90. The topological polar surface area (TPSA) is 21.3 Å². The Morgan fingerprint density at radius 1 is 1.25 bits per heavy atom. The lowest BCUT2D eigenvalue weighted by atomic mass is 10.1. The van der Waals surface area contributed by atoms with Crippen LogP contribution in [-0.4, -0.2) is 13.2 Å². The largest absolute Gasteiger partial charge is 0.377 e. The number of nitrogens with one attached hydrogen (secondary N) is 1. The average molecular weight is 291 g/mol. The highest BCUT2D eigenvalue weighted by molar-refractivity contribution is 7.19. The molecule has 20 heavy (non-hydrogen) atoms. The molecule has 1 aromatic carbocycles. The highest BCUT2D eigenvalue weighted by Crippen LogP contribution is 2.31. The molecule has 1 N–H and O–H groups in total. The van der Waals surface area contributed by atoms with Crippen LogP contribution in [0.2, 0.25) is 0 Å². The molecule has 110 valence electrons. The van der Waals surface area contributed by atoms with Crippen LogP contribution in [0.4, 0.5) is 0 Å². The van der Waals surface area contributed by atoms with E-state index in [0.29, 0.717) is 5.92 Å². The fourth-order valence-corrected chi connectivity index (χ4v) is 3.36. The Balaban J connectivity index is 2.11. The summed E-state index contributed by atoms with van der Waals surface area (Å²) in [5.74, 6) is 0.704. The number of rotatable bonds is 8. The molecule has 0 atom stereocenters. The molecule has 3 heteroatoms. The van der Waals surface area contributed by atoms with Crippen LogP contribution in [0.25, 0.3) is 10.1 Å². The lowest BCUT2D eigenvalue weighted by Crippen LogP contribution is -2.12. The van der Waals surface area contributed by atoms with Gasteiger partial charge in [-0.05, 0) is 30.3 Å². The van der Waals surface area contributed by atoms with Crippen LogP contribution < -0.4 is 5.32 Å². The molecule has 0 aliphatic rings. The summed E-state index contributed by atoms with van der Waals surface area (Å²) in [5, 5.41) is 4.79. The van der Waals surface area contributed by atoms with Crippen molar-refractivity contribution in [2.24, 2.45) is 5.92 Å². The molecular weight excluding hydrogens is 266 g/mol. The summed E-state index contributed by atoms with van der Waals surface area (Å²) in [7, 11) is 0. The molecule has 0 saturated heterocycles. The number of hydrogen-bond donors (Lipinski definition) is 1. The first-order chi connectivity index (χ1) is 9.72. The summed E-state index contributed by atoms with van der Waals surface area (Å²) >= 11 is 1.89. The maximum absolute atomic E-state index is 5.90. The Labute approximate surface area is 126 Å². The van der Waals surface area contributed by atoms with Gasteiger partial charge >= 0.3 is 0 Å². The van der Waals surface area contributed by atoms with Gasteiger partial charge in [-0.2, -0.15) is 0 Å². The molecule has 0 saturated carbocycles. The fourth-order valence-electron chi connectivity index (χ4n) is 2.18. The molecule has 2 nitrogen and oxygen atoms in total. The minimum Gasteiger partial charge on any atom is -0.377 e. The molecule has 0 amide bonds. The first kappa shape index (κ1) is 15.5. The van der Waals surface area contributed by atoms with E-state index in [0.717, 1.165) is 32.7 Å². The third-order valence-corrected chi connectivity index (χ3v) is 4.62. The second kappa shape index (κ2) is 7.77. The second-order valence-electron chi connectivity index (χ2n) is 5.52. The van der Waals surface area contributed by atoms with Crippen LogP contribution in [0, 0.1) is 5.92 Å². The lowest BCUT2D eigenvalue weighted by Gasteiger charge is -2.08. The number of fused-ring (bicyclic) bond motifs is 1. The quantitative estimate of drug-likeness (QED) is 0.719. The van der Waals surface area contributed by atoms with E-state index in [9.17, 15) is 0 Å². The molecule has 1 aromatic heterocycles. The average Bonchev–Trinajstić information content (AvgIpc) is 2.79. The fraction of sp³-hybridized carbons (Fsp3) is 0.529. The summed E-state index contributed by atoms with van der Waals surface area (Å²) in [5.41, 5.74) is 1.37. The van der Waals surface area contributed by atoms with Crippen molar-refractivity contribution in [3.8, 4) is 0 Å². The van der Waals surface area contributed by atoms with Gasteiger partial charge in [0.1, 0.15) is 0 Å². The van der Waals surface area contributed by atoms with Gasteiger partial charge in [-0.1, -0.05) is 39.0 Å². The van der Waals surface area contributed by atoms with Crippen molar-refractivity contribution < 1.29 is 4.74 Å². The SMILES string of the molecule is CCNCc1sc2ccccc2c1COCCC(C)C. The molecule has 0 fully saturated rings. The van der Waals surface area contributed by atoms with Crippen LogP contribution in [0.3, 0.4) is 0 Å². The van der Waals surface area contributed by atoms with E-state index in [1.807, 2.05) is 11.3 Å². The van der Waals surface area contributed by atoms with Crippen LogP contribution in [0.1, 0.15) is 37.6 Å². The van der Waals surface area contributed by atoms with Crippen LogP contribution in [0.5, 0.6) is 0 Å². The van der Waals surface area contributed by atoms with Crippen molar-refractivity contribution in [3.05, 3.63) is 34.7 Å². The van der Waals surface area contributed by atoms with E-state index < -0.39 is 0 Å². The number of ether oxygens (including phenoxy) is 1. The molecule has 0 aliphatic heterocycles. The molecule has 0 spiro atoms. The minimum absolute atomic E-state index is 0.704. The first-order valence-electron chi connectivity index (χ1n) is 7.50.